The average molecular weight is 558 g/mol. The number of ether oxygens (including phenoxy) is 2. The fraction of sp³-hybridized carbons (Fsp3) is 0.286. The molecule has 0 aliphatic rings. The Morgan fingerprint density at radius 1 is 0.974 bits per heavy atom. The summed E-state index contributed by atoms with van der Waals surface area (Å²) in [6, 6.07) is 17.1. The van der Waals surface area contributed by atoms with Gasteiger partial charge in [-0.2, -0.15) is 0 Å². The lowest BCUT2D eigenvalue weighted by Gasteiger charge is -2.32. The Bertz CT molecular complexity index is 1400. The van der Waals surface area contributed by atoms with Crippen molar-refractivity contribution in [1.82, 2.24) is 10.2 Å². The van der Waals surface area contributed by atoms with Gasteiger partial charge in [0.2, 0.25) is 11.8 Å². The molecule has 0 saturated heterocycles. The highest BCUT2D eigenvalue weighted by molar-refractivity contribution is 7.92. The molecule has 0 saturated carbocycles. The number of amides is 2. The molecule has 0 aliphatic carbocycles. The number of hydrogen-bond donors (Lipinski definition) is 1. The third-order valence-corrected chi connectivity index (χ3v) is 7.86. The minimum absolute atomic E-state index is 0.0555. The number of hydrogen-bond acceptors (Lipinski definition) is 6. The number of anilines is 1. The van der Waals surface area contributed by atoms with E-state index in [4.69, 9.17) is 9.47 Å². The number of halogens is 1. The van der Waals surface area contributed by atoms with E-state index in [0.29, 0.717) is 12.3 Å². The molecule has 1 N–H and O–H groups in total. The number of carbonyl (C=O) groups excluding carboxylic acids is 2. The van der Waals surface area contributed by atoms with Crippen LogP contribution in [-0.4, -0.2) is 58.5 Å². The van der Waals surface area contributed by atoms with Crippen LogP contribution >= 0.6 is 0 Å². The lowest BCUT2D eigenvalue weighted by molar-refractivity contribution is -0.139. The van der Waals surface area contributed by atoms with Gasteiger partial charge in [-0.25, -0.2) is 12.8 Å². The average Bonchev–Trinajstić information content (AvgIpc) is 2.95. The Balaban J connectivity index is 2.12. The van der Waals surface area contributed by atoms with Gasteiger partial charge in [0.1, 0.15) is 29.9 Å². The SMILES string of the molecule is CCNC(=O)[C@H](C)N(Cc1ccccc1F)C(=O)CN(c1cc(OC)ccc1OC)S(=O)(=O)c1ccccc1. The number of benzene rings is 3. The van der Waals surface area contributed by atoms with Gasteiger partial charge in [-0.15, -0.1) is 0 Å². The second-order valence-corrected chi connectivity index (χ2v) is 10.4. The molecule has 1 atom stereocenters. The molecule has 0 unspecified atom stereocenters. The number of rotatable bonds is 12. The minimum Gasteiger partial charge on any atom is -0.497 e. The van der Waals surface area contributed by atoms with Gasteiger partial charge in [0, 0.05) is 24.7 Å². The molecule has 2 amide bonds. The van der Waals surface area contributed by atoms with Crippen molar-refractivity contribution in [2.45, 2.75) is 31.3 Å². The monoisotopic (exact) mass is 557 g/mol. The van der Waals surface area contributed by atoms with Crippen LogP contribution in [0.1, 0.15) is 19.4 Å². The Hall–Kier alpha value is -4.12. The molecule has 3 aromatic carbocycles. The summed E-state index contributed by atoms with van der Waals surface area (Å²) in [5, 5.41) is 2.66. The minimum atomic E-state index is -4.30. The zero-order valence-corrected chi connectivity index (χ0v) is 23.1. The van der Waals surface area contributed by atoms with Crippen molar-refractivity contribution >= 4 is 27.5 Å². The summed E-state index contributed by atoms with van der Waals surface area (Å²) in [4.78, 5) is 27.7. The van der Waals surface area contributed by atoms with Crippen LogP contribution in [-0.2, 0) is 26.2 Å². The molecule has 0 bridgehead atoms. The number of nitrogens with one attached hydrogen (secondary N) is 1. The molecule has 3 rings (SSSR count). The van der Waals surface area contributed by atoms with Crippen LogP contribution in [0.25, 0.3) is 0 Å². The van der Waals surface area contributed by atoms with Gasteiger partial charge < -0.3 is 19.7 Å². The molecular formula is C28H32FN3O6S. The van der Waals surface area contributed by atoms with Crippen LogP contribution in [0, 0.1) is 5.82 Å². The van der Waals surface area contributed by atoms with Gasteiger partial charge in [-0.1, -0.05) is 36.4 Å². The van der Waals surface area contributed by atoms with Crippen LogP contribution in [0.15, 0.2) is 77.7 Å². The van der Waals surface area contributed by atoms with Gasteiger partial charge in [-0.3, -0.25) is 13.9 Å². The second kappa shape index (κ2) is 13.1. The number of likely N-dealkylation sites (N-methyl/N-ethyl adjacent to an activating group) is 1. The van der Waals surface area contributed by atoms with Gasteiger partial charge in [0.15, 0.2) is 0 Å². The standard InChI is InChI=1S/C28H32FN3O6S/c1-5-30-28(34)20(2)31(18-21-11-9-10-14-24(21)29)27(33)19-32(39(35,36)23-12-7-6-8-13-23)25-17-22(37-3)15-16-26(25)38-4/h6-17,20H,5,18-19H2,1-4H3,(H,30,34)/t20-/m0/s1. The second-order valence-electron chi connectivity index (χ2n) is 8.55. The molecular weight excluding hydrogens is 525 g/mol. The van der Waals surface area contributed by atoms with Crippen LogP contribution in [0.2, 0.25) is 0 Å². The highest BCUT2D eigenvalue weighted by atomic mass is 32.2. The molecule has 0 heterocycles. The molecule has 0 radical (unpaired) electrons. The highest BCUT2D eigenvalue weighted by Crippen LogP contribution is 2.36. The predicted molar refractivity (Wildman–Crippen MR) is 146 cm³/mol. The number of methoxy groups -OCH3 is 2. The maximum absolute atomic E-state index is 14.6. The lowest BCUT2D eigenvalue weighted by atomic mass is 10.1. The fourth-order valence-corrected chi connectivity index (χ4v) is 5.38. The molecule has 11 heteroatoms. The Labute approximate surface area is 228 Å². The zero-order chi connectivity index (χ0) is 28.6. The first kappa shape index (κ1) is 29.4. The lowest BCUT2D eigenvalue weighted by Crippen LogP contribution is -2.51. The van der Waals surface area contributed by atoms with Crippen LogP contribution in [0.4, 0.5) is 10.1 Å². The van der Waals surface area contributed by atoms with Gasteiger partial charge in [0.05, 0.1) is 24.8 Å². The smallest absolute Gasteiger partial charge is 0.264 e. The van der Waals surface area contributed by atoms with E-state index in [9.17, 15) is 22.4 Å². The van der Waals surface area contributed by atoms with Crippen molar-refractivity contribution in [1.29, 1.82) is 0 Å². The molecule has 3 aromatic rings. The van der Waals surface area contributed by atoms with Crippen LogP contribution < -0.4 is 19.1 Å². The van der Waals surface area contributed by atoms with E-state index in [1.54, 1.807) is 37.3 Å². The third-order valence-electron chi connectivity index (χ3n) is 6.08. The molecule has 0 spiro atoms. The Morgan fingerprint density at radius 3 is 2.26 bits per heavy atom. The summed E-state index contributed by atoms with van der Waals surface area (Å²) in [5.41, 5.74) is 0.240. The molecule has 39 heavy (non-hydrogen) atoms. The topological polar surface area (TPSA) is 105 Å². The fourth-order valence-electron chi connectivity index (χ4n) is 3.94. The molecule has 0 aliphatic heterocycles. The van der Waals surface area contributed by atoms with E-state index in [0.717, 1.165) is 9.21 Å². The van der Waals surface area contributed by atoms with Crippen molar-refractivity contribution in [2.24, 2.45) is 0 Å². The quantitative estimate of drug-likeness (QED) is 0.365. The van der Waals surface area contributed by atoms with Crippen LogP contribution in [0.3, 0.4) is 0 Å². The normalized spacial score (nSPS) is 11.8. The maximum atomic E-state index is 14.6. The summed E-state index contributed by atoms with van der Waals surface area (Å²) >= 11 is 0. The summed E-state index contributed by atoms with van der Waals surface area (Å²) in [6.45, 7) is 2.61. The molecule has 208 valence electrons. The summed E-state index contributed by atoms with van der Waals surface area (Å²) < 4.78 is 54.0. The van der Waals surface area contributed by atoms with Gasteiger partial charge in [0.25, 0.3) is 10.0 Å². The van der Waals surface area contributed by atoms with E-state index < -0.39 is 40.2 Å². The summed E-state index contributed by atoms with van der Waals surface area (Å²) in [7, 11) is -1.50. The Morgan fingerprint density at radius 2 is 1.64 bits per heavy atom. The summed E-state index contributed by atoms with van der Waals surface area (Å²) in [5.74, 6) is -1.22. The zero-order valence-electron chi connectivity index (χ0n) is 22.3. The van der Waals surface area contributed by atoms with Crippen molar-refractivity contribution in [2.75, 3.05) is 31.6 Å². The van der Waals surface area contributed by atoms with E-state index in [1.807, 2.05) is 0 Å². The maximum Gasteiger partial charge on any atom is 0.264 e. The van der Waals surface area contributed by atoms with Crippen molar-refractivity contribution in [3.05, 3.63) is 84.2 Å². The molecule has 0 aromatic heterocycles. The molecule has 9 nitrogen and oxygen atoms in total. The van der Waals surface area contributed by atoms with E-state index in [1.165, 1.54) is 63.6 Å². The largest absolute Gasteiger partial charge is 0.497 e. The van der Waals surface area contributed by atoms with Crippen LogP contribution in [0.5, 0.6) is 11.5 Å². The predicted octanol–water partition coefficient (Wildman–Crippen LogP) is 3.59. The van der Waals surface area contributed by atoms with Crippen molar-refractivity contribution in [3.8, 4) is 11.5 Å². The first-order valence-corrected chi connectivity index (χ1v) is 13.7. The number of nitrogens with zero attached hydrogens (tertiary/aromatic N) is 2. The highest BCUT2D eigenvalue weighted by Gasteiger charge is 2.34. The first-order chi connectivity index (χ1) is 18.6. The van der Waals surface area contributed by atoms with E-state index in [2.05, 4.69) is 5.32 Å². The van der Waals surface area contributed by atoms with Gasteiger partial charge >= 0.3 is 0 Å². The third kappa shape index (κ3) is 6.85. The number of carbonyl (C=O) groups is 2. The number of sulfonamides is 1. The Kier molecular flexibility index (Phi) is 9.89. The van der Waals surface area contributed by atoms with Gasteiger partial charge in [-0.05, 0) is 44.2 Å². The van der Waals surface area contributed by atoms with Crippen molar-refractivity contribution < 1.29 is 31.9 Å². The summed E-state index contributed by atoms with van der Waals surface area (Å²) in [6.07, 6.45) is 0. The van der Waals surface area contributed by atoms with Crippen molar-refractivity contribution in [3.63, 3.8) is 0 Å². The van der Waals surface area contributed by atoms with E-state index >= 15 is 0 Å². The molecule has 0 fully saturated rings. The first-order valence-electron chi connectivity index (χ1n) is 12.2. The van der Waals surface area contributed by atoms with E-state index in [-0.39, 0.29) is 28.4 Å².